The molecule has 0 atom stereocenters. The molecule has 0 unspecified atom stereocenters. The molecule has 1 aromatic rings. The molecular formula is C16H21BFNO2. The predicted molar refractivity (Wildman–Crippen MR) is 80.2 cm³/mol. The van der Waals surface area contributed by atoms with Crippen molar-refractivity contribution in [2.24, 2.45) is 0 Å². The van der Waals surface area contributed by atoms with Gasteiger partial charge in [0.1, 0.15) is 5.82 Å². The van der Waals surface area contributed by atoms with E-state index in [0.717, 1.165) is 0 Å². The summed E-state index contributed by atoms with van der Waals surface area (Å²) >= 11 is 0. The summed E-state index contributed by atoms with van der Waals surface area (Å²) in [5.41, 5.74) is 0.0792. The number of rotatable bonds is 1. The standard InChI is InChI=1S/C9H17BO2.C7H4FN/c1-8(2)9(3,4)12-10(11-8)7-5-6-7;8-7-3-1-2-6(4-7)5-9/h7H,5-6H2,1-4H3;1-4H. The molecule has 21 heavy (non-hydrogen) atoms. The third-order valence-corrected chi connectivity index (χ3v) is 4.23. The molecule has 1 heterocycles. The minimum absolute atomic E-state index is 0.0648. The Bertz CT molecular complexity index is 533. The lowest BCUT2D eigenvalue weighted by Gasteiger charge is -2.32. The number of nitriles is 1. The van der Waals surface area contributed by atoms with Crippen LogP contribution >= 0.6 is 0 Å². The zero-order valence-corrected chi connectivity index (χ0v) is 13.0. The molecule has 5 heteroatoms. The van der Waals surface area contributed by atoms with Gasteiger partial charge in [-0.15, -0.1) is 0 Å². The minimum Gasteiger partial charge on any atom is -0.403 e. The lowest BCUT2D eigenvalue weighted by atomic mass is 9.82. The van der Waals surface area contributed by atoms with Crippen molar-refractivity contribution in [2.45, 2.75) is 57.6 Å². The third-order valence-electron chi connectivity index (χ3n) is 4.23. The van der Waals surface area contributed by atoms with Crippen molar-refractivity contribution in [2.75, 3.05) is 0 Å². The van der Waals surface area contributed by atoms with Crippen LogP contribution in [0.15, 0.2) is 24.3 Å². The van der Waals surface area contributed by atoms with Crippen molar-refractivity contribution in [3.8, 4) is 6.07 Å². The van der Waals surface area contributed by atoms with Crippen LogP contribution < -0.4 is 0 Å². The highest BCUT2D eigenvalue weighted by molar-refractivity contribution is 6.48. The Hall–Kier alpha value is -1.38. The van der Waals surface area contributed by atoms with Gasteiger partial charge >= 0.3 is 7.12 Å². The largest absolute Gasteiger partial charge is 0.461 e. The maximum atomic E-state index is 12.2. The van der Waals surface area contributed by atoms with E-state index >= 15 is 0 Å². The van der Waals surface area contributed by atoms with E-state index in [1.165, 1.54) is 31.0 Å². The van der Waals surface area contributed by atoms with Gasteiger partial charge in [0.05, 0.1) is 22.8 Å². The number of hydrogen-bond acceptors (Lipinski definition) is 3. The zero-order valence-electron chi connectivity index (χ0n) is 13.0. The summed E-state index contributed by atoms with van der Waals surface area (Å²) in [5, 5.41) is 8.25. The molecule has 0 radical (unpaired) electrons. The lowest BCUT2D eigenvalue weighted by molar-refractivity contribution is 0.00578. The molecule has 1 saturated carbocycles. The molecule has 0 spiro atoms. The third kappa shape index (κ3) is 3.84. The Morgan fingerprint density at radius 1 is 1.19 bits per heavy atom. The predicted octanol–water partition coefficient (Wildman–Crippen LogP) is 3.94. The number of halogens is 1. The highest BCUT2D eigenvalue weighted by Crippen LogP contribution is 2.48. The monoisotopic (exact) mass is 289 g/mol. The lowest BCUT2D eigenvalue weighted by Crippen LogP contribution is -2.41. The second-order valence-electron chi connectivity index (χ2n) is 6.58. The summed E-state index contributed by atoms with van der Waals surface area (Å²) in [4.78, 5) is 0. The van der Waals surface area contributed by atoms with Crippen molar-refractivity contribution in [3.63, 3.8) is 0 Å². The van der Waals surface area contributed by atoms with E-state index in [1.54, 1.807) is 6.07 Å². The molecule has 0 aromatic heterocycles. The van der Waals surface area contributed by atoms with Crippen LogP contribution in [0.4, 0.5) is 4.39 Å². The van der Waals surface area contributed by atoms with E-state index in [4.69, 9.17) is 14.6 Å². The molecule has 0 amide bonds. The summed E-state index contributed by atoms with van der Waals surface area (Å²) in [6, 6.07) is 7.40. The first-order chi connectivity index (χ1) is 9.75. The van der Waals surface area contributed by atoms with Crippen LogP contribution in [0.3, 0.4) is 0 Å². The first-order valence-corrected chi connectivity index (χ1v) is 7.26. The second kappa shape index (κ2) is 5.78. The van der Waals surface area contributed by atoms with E-state index < -0.39 is 0 Å². The summed E-state index contributed by atoms with van der Waals surface area (Å²) in [6.45, 7) is 8.43. The summed E-state index contributed by atoms with van der Waals surface area (Å²) in [7, 11) is 0.0648. The topological polar surface area (TPSA) is 42.2 Å². The van der Waals surface area contributed by atoms with Crippen LogP contribution in [0, 0.1) is 17.1 Å². The zero-order chi connectivity index (χ0) is 15.7. The van der Waals surface area contributed by atoms with Gasteiger partial charge in [0, 0.05) is 0 Å². The molecule has 3 nitrogen and oxygen atoms in total. The number of hydrogen-bond donors (Lipinski definition) is 0. The molecule has 1 aliphatic carbocycles. The van der Waals surface area contributed by atoms with Crippen molar-refractivity contribution in [3.05, 3.63) is 35.6 Å². The molecular weight excluding hydrogens is 268 g/mol. The number of benzene rings is 1. The molecule has 2 fully saturated rings. The Balaban J connectivity index is 0.000000161. The van der Waals surface area contributed by atoms with Crippen LogP contribution in [-0.2, 0) is 9.31 Å². The molecule has 3 rings (SSSR count). The highest BCUT2D eigenvalue weighted by atomic mass is 19.1. The Morgan fingerprint density at radius 2 is 1.76 bits per heavy atom. The maximum Gasteiger partial charge on any atom is 0.461 e. The van der Waals surface area contributed by atoms with E-state index in [1.807, 2.05) is 6.07 Å². The average Bonchev–Trinajstić information content (AvgIpc) is 3.19. The van der Waals surface area contributed by atoms with Gasteiger partial charge in [-0.05, 0) is 51.7 Å². The van der Waals surface area contributed by atoms with Crippen LogP contribution in [0.25, 0.3) is 0 Å². The van der Waals surface area contributed by atoms with Crippen molar-refractivity contribution in [1.82, 2.24) is 0 Å². The van der Waals surface area contributed by atoms with E-state index in [0.29, 0.717) is 11.4 Å². The fourth-order valence-corrected chi connectivity index (χ4v) is 2.01. The van der Waals surface area contributed by atoms with Gasteiger partial charge < -0.3 is 9.31 Å². The molecule has 112 valence electrons. The summed E-state index contributed by atoms with van der Waals surface area (Å²) in [6.07, 6.45) is 2.55. The summed E-state index contributed by atoms with van der Waals surface area (Å²) < 4.78 is 23.9. The van der Waals surface area contributed by atoms with E-state index in [-0.39, 0.29) is 24.1 Å². The van der Waals surface area contributed by atoms with Crippen molar-refractivity contribution in [1.29, 1.82) is 5.26 Å². The van der Waals surface area contributed by atoms with Crippen molar-refractivity contribution >= 4 is 7.12 Å². The second-order valence-corrected chi connectivity index (χ2v) is 6.58. The normalized spacial score (nSPS) is 22.2. The van der Waals surface area contributed by atoms with Gasteiger partial charge in [0.2, 0.25) is 0 Å². The van der Waals surface area contributed by atoms with Gasteiger partial charge in [-0.25, -0.2) is 4.39 Å². The first-order valence-electron chi connectivity index (χ1n) is 7.26. The first kappa shape index (κ1) is 16.0. The van der Waals surface area contributed by atoms with Gasteiger partial charge in [0.15, 0.2) is 0 Å². The van der Waals surface area contributed by atoms with Crippen molar-refractivity contribution < 1.29 is 13.7 Å². The van der Waals surface area contributed by atoms with Gasteiger partial charge in [0.25, 0.3) is 0 Å². The van der Waals surface area contributed by atoms with Gasteiger partial charge in [-0.2, -0.15) is 5.26 Å². The highest BCUT2D eigenvalue weighted by Gasteiger charge is 2.55. The Morgan fingerprint density at radius 3 is 2.14 bits per heavy atom. The molecule has 1 saturated heterocycles. The minimum atomic E-state index is -0.367. The van der Waals surface area contributed by atoms with Gasteiger partial charge in [-0.3, -0.25) is 0 Å². The van der Waals surface area contributed by atoms with Crippen LogP contribution in [0.1, 0.15) is 46.1 Å². The van der Waals surface area contributed by atoms with E-state index in [2.05, 4.69) is 27.7 Å². The average molecular weight is 289 g/mol. The maximum absolute atomic E-state index is 12.2. The van der Waals surface area contributed by atoms with E-state index in [9.17, 15) is 4.39 Å². The molecule has 0 N–H and O–H groups in total. The number of nitrogens with zero attached hydrogens (tertiary/aromatic N) is 1. The Kier molecular flexibility index (Phi) is 4.41. The van der Waals surface area contributed by atoms with Crippen LogP contribution in [0.2, 0.25) is 5.82 Å². The molecule has 1 aromatic carbocycles. The Labute approximate surface area is 126 Å². The summed E-state index contributed by atoms with van der Waals surface area (Å²) in [5.74, 6) is 0.306. The SMILES string of the molecule is CC1(C)OB(C2CC2)OC1(C)C.N#Cc1cccc(F)c1. The molecule has 0 bridgehead atoms. The fraction of sp³-hybridized carbons (Fsp3) is 0.562. The molecule has 2 aliphatic rings. The molecule has 1 aliphatic heterocycles. The van der Waals surface area contributed by atoms with Gasteiger partial charge in [-0.1, -0.05) is 18.9 Å². The van der Waals surface area contributed by atoms with Crippen LogP contribution in [-0.4, -0.2) is 18.3 Å². The van der Waals surface area contributed by atoms with Crippen LogP contribution in [0.5, 0.6) is 0 Å². The smallest absolute Gasteiger partial charge is 0.403 e. The fourth-order valence-electron chi connectivity index (χ4n) is 2.01. The quantitative estimate of drug-likeness (QED) is 0.735.